The van der Waals surface area contributed by atoms with Gasteiger partial charge in [-0.05, 0) is 36.6 Å². The van der Waals surface area contributed by atoms with Crippen LogP contribution < -0.4 is 5.32 Å². The quantitative estimate of drug-likeness (QED) is 0.581. The van der Waals surface area contributed by atoms with Gasteiger partial charge in [0.1, 0.15) is 6.04 Å². The van der Waals surface area contributed by atoms with Gasteiger partial charge in [0, 0.05) is 33.7 Å². The number of benzene rings is 2. The first-order chi connectivity index (χ1) is 13.7. The minimum atomic E-state index is -0.698. The third-order valence-corrected chi connectivity index (χ3v) is 5.62. The van der Waals surface area contributed by atoms with Crippen LogP contribution in [0.4, 0.5) is 0 Å². The zero-order valence-corrected chi connectivity index (χ0v) is 19.0. The summed E-state index contributed by atoms with van der Waals surface area (Å²) in [5.74, 6) is -0.160. The summed E-state index contributed by atoms with van der Waals surface area (Å²) >= 11 is 18.8. The van der Waals surface area contributed by atoms with Crippen molar-refractivity contribution >= 4 is 46.6 Å². The molecule has 29 heavy (non-hydrogen) atoms. The summed E-state index contributed by atoms with van der Waals surface area (Å²) in [7, 11) is 0. The lowest BCUT2D eigenvalue weighted by Crippen LogP contribution is -2.48. The third-order valence-electron chi connectivity index (χ3n) is 4.54. The van der Waals surface area contributed by atoms with Gasteiger partial charge in [0.2, 0.25) is 11.8 Å². The molecule has 1 N–H and O–H groups in total. The Hall–Kier alpha value is -1.75. The first-order valence-electron chi connectivity index (χ1n) is 9.44. The molecule has 0 bridgehead atoms. The van der Waals surface area contributed by atoms with Crippen LogP contribution in [0.3, 0.4) is 0 Å². The smallest absolute Gasteiger partial charge is 0.242 e. The Morgan fingerprint density at radius 1 is 0.931 bits per heavy atom. The number of amides is 2. The highest BCUT2D eigenvalue weighted by atomic mass is 35.5. The first-order valence-corrected chi connectivity index (χ1v) is 10.6. The van der Waals surface area contributed by atoms with Crippen LogP contribution in [-0.4, -0.2) is 29.3 Å². The van der Waals surface area contributed by atoms with E-state index in [0.717, 1.165) is 0 Å². The second-order valence-electron chi connectivity index (χ2n) is 7.31. The molecule has 0 heterocycles. The number of carbonyl (C=O) groups is 2. The SMILES string of the molecule is CC(C)CNC(=O)[C@H](C)N(Cc1c(Cl)cccc1Cl)C(=O)Cc1ccccc1Cl. The molecule has 7 heteroatoms. The Kier molecular flexibility index (Phi) is 8.81. The number of nitrogens with one attached hydrogen (secondary N) is 1. The van der Waals surface area contributed by atoms with Crippen molar-refractivity contribution in [2.24, 2.45) is 5.92 Å². The summed E-state index contributed by atoms with van der Waals surface area (Å²) in [6.45, 7) is 6.37. The van der Waals surface area contributed by atoms with Crippen molar-refractivity contribution in [1.82, 2.24) is 10.2 Å². The van der Waals surface area contributed by atoms with Crippen LogP contribution in [0.5, 0.6) is 0 Å². The lowest BCUT2D eigenvalue weighted by Gasteiger charge is -2.30. The van der Waals surface area contributed by atoms with Gasteiger partial charge in [-0.2, -0.15) is 0 Å². The van der Waals surface area contributed by atoms with E-state index in [1.165, 1.54) is 4.90 Å². The minimum absolute atomic E-state index is 0.0730. The summed E-state index contributed by atoms with van der Waals surface area (Å²) in [5.41, 5.74) is 1.30. The van der Waals surface area contributed by atoms with Crippen LogP contribution >= 0.6 is 34.8 Å². The van der Waals surface area contributed by atoms with E-state index in [1.807, 2.05) is 19.9 Å². The summed E-state index contributed by atoms with van der Waals surface area (Å²) in [6.07, 6.45) is 0.0730. The molecule has 0 aromatic heterocycles. The molecule has 0 saturated heterocycles. The molecule has 2 rings (SSSR count). The molecular weight excluding hydrogens is 431 g/mol. The Bertz CT molecular complexity index is 851. The van der Waals surface area contributed by atoms with Crippen molar-refractivity contribution in [3.63, 3.8) is 0 Å². The Balaban J connectivity index is 2.30. The van der Waals surface area contributed by atoms with Gasteiger partial charge in [0.05, 0.1) is 6.42 Å². The molecule has 0 aliphatic heterocycles. The average Bonchev–Trinajstić information content (AvgIpc) is 2.67. The minimum Gasteiger partial charge on any atom is -0.354 e. The predicted octanol–water partition coefficient (Wildman–Crippen LogP) is 5.38. The highest BCUT2D eigenvalue weighted by Gasteiger charge is 2.27. The Morgan fingerprint density at radius 2 is 1.52 bits per heavy atom. The van der Waals surface area contributed by atoms with Gasteiger partial charge in [0.25, 0.3) is 0 Å². The highest BCUT2D eigenvalue weighted by Crippen LogP contribution is 2.27. The number of nitrogens with zero attached hydrogens (tertiary/aromatic N) is 1. The van der Waals surface area contributed by atoms with Gasteiger partial charge in [-0.15, -0.1) is 0 Å². The molecule has 0 saturated carbocycles. The van der Waals surface area contributed by atoms with E-state index >= 15 is 0 Å². The third kappa shape index (κ3) is 6.63. The van der Waals surface area contributed by atoms with Crippen molar-refractivity contribution < 1.29 is 9.59 Å². The molecule has 2 aromatic carbocycles. The normalized spacial score (nSPS) is 12.0. The van der Waals surface area contributed by atoms with Gasteiger partial charge in [-0.3, -0.25) is 9.59 Å². The maximum Gasteiger partial charge on any atom is 0.242 e. The number of rotatable bonds is 8. The van der Waals surface area contributed by atoms with Crippen LogP contribution in [0.25, 0.3) is 0 Å². The fourth-order valence-electron chi connectivity index (χ4n) is 2.80. The molecule has 156 valence electrons. The topological polar surface area (TPSA) is 49.4 Å². The van der Waals surface area contributed by atoms with Gasteiger partial charge < -0.3 is 10.2 Å². The molecule has 0 radical (unpaired) electrons. The molecule has 0 spiro atoms. The maximum absolute atomic E-state index is 13.2. The van der Waals surface area contributed by atoms with E-state index in [1.54, 1.807) is 43.3 Å². The molecule has 0 aliphatic rings. The number of halogens is 3. The van der Waals surface area contributed by atoms with Gasteiger partial charge in [-0.25, -0.2) is 0 Å². The zero-order chi connectivity index (χ0) is 21.6. The number of carbonyl (C=O) groups excluding carboxylic acids is 2. The summed E-state index contributed by atoms with van der Waals surface area (Å²) in [4.78, 5) is 27.3. The van der Waals surface area contributed by atoms with Crippen molar-refractivity contribution in [3.8, 4) is 0 Å². The standard InChI is InChI=1S/C22H25Cl3N2O2/c1-14(2)12-26-22(29)15(3)27(13-17-19(24)9-6-10-20(17)25)21(28)11-16-7-4-5-8-18(16)23/h4-10,14-15H,11-13H2,1-3H3,(H,26,29)/t15-/m0/s1. The molecular formula is C22H25Cl3N2O2. The van der Waals surface area contributed by atoms with E-state index in [9.17, 15) is 9.59 Å². The lowest BCUT2D eigenvalue weighted by atomic mass is 10.1. The Labute approximate surface area is 187 Å². The fourth-order valence-corrected chi connectivity index (χ4v) is 3.51. The summed E-state index contributed by atoms with van der Waals surface area (Å²) in [5, 5.41) is 4.28. The van der Waals surface area contributed by atoms with Crippen LogP contribution in [0.15, 0.2) is 42.5 Å². The van der Waals surface area contributed by atoms with E-state index in [4.69, 9.17) is 34.8 Å². The van der Waals surface area contributed by atoms with Crippen LogP contribution in [0, 0.1) is 5.92 Å². The van der Waals surface area contributed by atoms with Crippen LogP contribution in [0.1, 0.15) is 31.9 Å². The summed E-state index contributed by atoms with van der Waals surface area (Å²) in [6, 6.07) is 11.6. The fraction of sp³-hybridized carbons (Fsp3) is 0.364. The molecule has 2 amide bonds. The molecule has 4 nitrogen and oxygen atoms in total. The van der Waals surface area contributed by atoms with Crippen molar-refractivity contribution in [3.05, 3.63) is 68.7 Å². The predicted molar refractivity (Wildman–Crippen MR) is 119 cm³/mol. The van der Waals surface area contributed by atoms with E-state index in [-0.39, 0.29) is 24.8 Å². The second kappa shape index (κ2) is 10.9. The van der Waals surface area contributed by atoms with Gasteiger partial charge in [0.15, 0.2) is 0 Å². The van der Waals surface area contributed by atoms with Crippen molar-refractivity contribution in [1.29, 1.82) is 0 Å². The Morgan fingerprint density at radius 3 is 2.10 bits per heavy atom. The van der Waals surface area contributed by atoms with E-state index < -0.39 is 6.04 Å². The average molecular weight is 456 g/mol. The number of hydrogen-bond donors (Lipinski definition) is 1. The second-order valence-corrected chi connectivity index (χ2v) is 8.53. The molecule has 0 unspecified atom stereocenters. The molecule has 0 aliphatic carbocycles. The zero-order valence-electron chi connectivity index (χ0n) is 16.7. The van der Waals surface area contributed by atoms with Gasteiger partial charge >= 0.3 is 0 Å². The van der Waals surface area contributed by atoms with E-state index in [2.05, 4.69) is 5.32 Å². The van der Waals surface area contributed by atoms with Crippen LogP contribution in [0.2, 0.25) is 15.1 Å². The lowest BCUT2D eigenvalue weighted by molar-refractivity contribution is -0.140. The van der Waals surface area contributed by atoms with Crippen molar-refractivity contribution in [2.45, 2.75) is 39.8 Å². The largest absolute Gasteiger partial charge is 0.354 e. The first kappa shape index (κ1) is 23.5. The van der Waals surface area contributed by atoms with Crippen LogP contribution in [-0.2, 0) is 22.6 Å². The monoisotopic (exact) mass is 454 g/mol. The maximum atomic E-state index is 13.2. The number of hydrogen-bond acceptors (Lipinski definition) is 2. The van der Waals surface area contributed by atoms with Gasteiger partial charge in [-0.1, -0.05) is 72.9 Å². The van der Waals surface area contributed by atoms with Crippen molar-refractivity contribution in [2.75, 3.05) is 6.54 Å². The molecule has 0 fully saturated rings. The highest BCUT2D eigenvalue weighted by molar-refractivity contribution is 6.36. The summed E-state index contributed by atoms with van der Waals surface area (Å²) < 4.78 is 0. The molecule has 2 aromatic rings. The molecule has 1 atom stereocenters. The van der Waals surface area contributed by atoms with E-state index in [0.29, 0.717) is 38.7 Å².